The maximum absolute atomic E-state index is 10.7. The van der Waals surface area contributed by atoms with Gasteiger partial charge in [0.15, 0.2) is 6.23 Å². The topological polar surface area (TPSA) is 278 Å². The number of carbonyl (C=O) groups is 6. The van der Waals surface area contributed by atoms with Crippen molar-refractivity contribution in [2.75, 3.05) is 6.66 Å². The van der Waals surface area contributed by atoms with Gasteiger partial charge in [0, 0.05) is 0 Å². The van der Waals surface area contributed by atoms with Crippen molar-refractivity contribution >= 4 is 68.4 Å². The van der Waals surface area contributed by atoms with E-state index in [2.05, 4.69) is 19.6 Å². The maximum Gasteiger partial charge on any atom is 0.408 e. The van der Waals surface area contributed by atoms with E-state index in [-0.39, 0.29) is 33.8 Å². The fourth-order valence-electron chi connectivity index (χ4n) is 1.56. The van der Waals surface area contributed by atoms with Crippen LogP contribution < -0.4 is 21.4 Å². The van der Waals surface area contributed by atoms with Gasteiger partial charge in [-0.25, -0.2) is 9.59 Å². The van der Waals surface area contributed by atoms with Crippen LogP contribution in [0.2, 0.25) is 0 Å². The van der Waals surface area contributed by atoms with E-state index in [1.54, 1.807) is 0 Å². The highest BCUT2D eigenvalue weighted by atomic mass is 31.2. The lowest BCUT2D eigenvalue weighted by Gasteiger charge is -2.25. The molecule has 0 fully saturated rings. The molecule has 5 unspecified atom stereocenters. The van der Waals surface area contributed by atoms with Crippen LogP contribution >= 0.6 is 16.2 Å². The van der Waals surface area contributed by atoms with Crippen molar-refractivity contribution in [3.8, 4) is 0 Å². The molecule has 0 bridgehead atoms. The molecule has 0 aromatic carbocycles. The second-order valence-corrected chi connectivity index (χ2v) is 9.76. The Bertz CT molecular complexity index is 661. The molecule has 0 saturated heterocycles. The van der Waals surface area contributed by atoms with Crippen molar-refractivity contribution in [1.29, 1.82) is 0 Å². The van der Waals surface area contributed by atoms with Crippen LogP contribution in [0, 0.1) is 0 Å². The van der Waals surface area contributed by atoms with Gasteiger partial charge in [-0.05, 0) is 21.3 Å². The molecule has 0 aromatic rings. The van der Waals surface area contributed by atoms with Crippen molar-refractivity contribution in [3.63, 3.8) is 0 Å². The average Bonchev–Trinajstić information content (AvgIpc) is 2.65. The van der Waals surface area contributed by atoms with Crippen LogP contribution in [0.5, 0.6) is 0 Å². The largest absolute Gasteiger partial charge is 0.481 e. The number of rotatable bonds is 15. The Hall–Kier alpha value is -2.35. The standard InChI is InChI=1S/C8H13BN2O8P.C5H8O4.CH6BN2P/c1-20(9,11-6(7(15)16)8(17)18)10-4(19-3-12)2-5(13)14;1-4(9-3-6)2-5(7)8;2-1(3)5-4/h3-4,6,10-11H,2H2,1H3,(H,13,14)(H,15,16)(H,17,18);3-4H,2H2,1H3,(H,7,8);1,5H,3-4H2/q+1;;. The van der Waals surface area contributed by atoms with Gasteiger partial charge in [0.25, 0.3) is 12.9 Å². The van der Waals surface area contributed by atoms with Crippen LogP contribution in [0.25, 0.3) is 0 Å². The summed E-state index contributed by atoms with van der Waals surface area (Å²) in [6.45, 7) is 3.01. The summed E-state index contributed by atoms with van der Waals surface area (Å²) < 4.78 is 8.72. The summed E-state index contributed by atoms with van der Waals surface area (Å²) in [4.78, 5) is 61.7. The molecule has 34 heavy (non-hydrogen) atoms. The summed E-state index contributed by atoms with van der Waals surface area (Å²) >= 11 is 0. The number of hydrogen-bond donors (Lipinski definition) is 8. The molecular formula is C14H27B2N4O12P2+. The molecule has 20 heteroatoms. The lowest BCUT2D eigenvalue weighted by atomic mass is 10.2. The molecule has 0 aromatic heterocycles. The Morgan fingerprint density at radius 3 is 1.71 bits per heavy atom. The fraction of sp³-hybridized carbons (Fsp3) is 0.571. The van der Waals surface area contributed by atoms with Gasteiger partial charge in [0.05, 0.1) is 34.8 Å². The van der Waals surface area contributed by atoms with Gasteiger partial charge >= 0.3 is 31.4 Å². The van der Waals surface area contributed by atoms with Crippen LogP contribution in [0.15, 0.2) is 0 Å². The van der Waals surface area contributed by atoms with E-state index in [0.717, 1.165) is 0 Å². The minimum atomic E-state index is -3.06. The van der Waals surface area contributed by atoms with E-state index in [9.17, 15) is 28.8 Å². The Kier molecular flexibility index (Phi) is 21.4. The first-order valence-corrected chi connectivity index (χ1v) is 12.2. The number of hydrogen-bond acceptors (Lipinski definition) is 12. The summed E-state index contributed by atoms with van der Waals surface area (Å²) in [5.41, 5.74) is 9.60. The van der Waals surface area contributed by atoms with E-state index in [4.69, 9.17) is 47.1 Å². The average molecular weight is 527 g/mol. The van der Waals surface area contributed by atoms with Gasteiger partial charge in [0.1, 0.15) is 6.10 Å². The molecule has 0 aliphatic carbocycles. The second kappa shape index (κ2) is 20.1. The van der Waals surface area contributed by atoms with E-state index >= 15 is 0 Å². The number of carbonyl (C=O) groups excluding carboxylic acids is 2. The Morgan fingerprint density at radius 2 is 1.41 bits per heavy atom. The maximum atomic E-state index is 10.7. The molecule has 0 aliphatic rings. The Balaban J connectivity index is -0.000000563. The number of carboxylic acids is 4. The molecule has 10 N–H and O–H groups in total. The van der Waals surface area contributed by atoms with Crippen LogP contribution in [0.4, 0.5) is 0 Å². The molecule has 4 radical (unpaired) electrons. The van der Waals surface area contributed by atoms with Gasteiger partial charge in [-0.1, -0.05) is 0 Å². The monoisotopic (exact) mass is 527 g/mol. The van der Waals surface area contributed by atoms with E-state index in [0.29, 0.717) is 0 Å². The lowest BCUT2D eigenvalue weighted by molar-refractivity contribution is -0.151. The molecule has 0 saturated carbocycles. The molecule has 0 rings (SSSR count). The predicted octanol–water partition coefficient (Wildman–Crippen LogP) is -2.79. The first-order valence-electron chi connectivity index (χ1n) is 8.78. The number of ether oxygens (including phenoxy) is 2. The predicted molar refractivity (Wildman–Crippen MR) is 122 cm³/mol. The van der Waals surface area contributed by atoms with Crippen LogP contribution in [0.1, 0.15) is 19.8 Å². The van der Waals surface area contributed by atoms with E-state index < -0.39 is 56.1 Å². The second-order valence-electron chi connectivity index (χ2n) is 6.10. The van der Waals surface area contributed by atoms with Crippen LogP contribution in [-0.4, -0.2) is 103 Å². The SMILES string of the molecule is CC(CC(=O)O)OC=O.[B]C(N)PN.[B][P+](C)(NC(CC(=O)O)OC=O)NC(C(=O)O)C(=O)O. The highest BCUT2D eigenvalue weighted by molar-refractivity contribution is 7.93. The summed E-state index contributed by atoms with van der Waals surface area (Å²) in [6, 6.07) is -1.98. The van der Waals surface area contributed by atoms with Crippen LogP contribution in [0.3, 0.4) is 0 Å². The number of carboxylic acid groups (broad SMARTS) is 4. The van der Waals surface area contributed by atoms with Crippen molar-refractivity contribution in [2.24, 2.45) is 11.2 Å². The highest BCUT2D eigenvalue weighted by Gasteiger charge is 2.39. The third-order valence-corrected chi connectivity index (χ3v) is 4.83. The molecule has 0 heterocycles. The fourth-order valence-corrected chi connectivity index (χ4v) is 3.14. The lowest BCUT2D eigenvalue weighted by Crippen LogP contribution is -2.48. The highest BCUT2D eigenvalue weighted by Crippen LogP contribution is 2.41. The normalized spacial score (nSPS) is 14.6. The molecule has 190 valence electrons. The third kappa shape index (κ3) is 24.3. The van der Waals surface area contributed by atoms with Gasteiger partial charge in [-0.15, -0.1) is 0 Å². The summed E-state index contributed by atoms with van der Waals surface area (Å²) in [6.07, 6.45) is -2.61. The number of nitrogens with one attached hydrogen (secondary N) is 2. The third-order valence-electron chi connectivity index (χ3n) is 2.83. The molecule has 16 nitrogen and oxygen atoms in total. The van der Waals surface area contributed by atoms with Gasteiger partial charge < -0.3 is 41.1 Å². The van der Waals surface area contributed by atoms with E-state index in [1.165, 1.54) is 13.6 Å². The summed E-state index contributed by atoms with van der Waals surface area (Å²) in [5, 5.41) is 38.6. The minimum absolute atomic E-state index is 0.00746. The minimum Gasteiger partial charge on any atom is -0.481 e. The zero-order valence-electron chi connectivity index (χ0n) is 18.2. The van der Waals surface area contributed by atoms with Crippen molar-refractivity contribution in [3.05, 3.63) is 0 Å². The van der Waals surface area contributed by atoms with Gasteiger partial charge in [-0.3, -0.25) is 19.2 Å². The quantitative estimate of drug-likeness (QED) is 0.0351. The smallest absolute Gasteiger partial charge is 0.408 e. The van der Waals surface area contributed by atoms with Crippen molar-refractivity contribution in [1.82, 2.24) is 10.2 Å². The first kappa shape index (κ1) is 36.2. The molecule has 5 atom stereocenters. The van der Waals surface area contributed by atoms with Gasteiger partial charge in [-0.2, -0.15) is 10.2 Å². The molecular weight excluding hydrogens is 500 g/mol. The molecule has 0 aliphatic heterocycles. The Labute approximate surface area is 199 Å². The zero-order valence-corrected chi connectivity index (χ0v) is 20.1. The molecule has 0 amide bonds. The van der Waals surface area contributed by atoms with E-state index in [1.807, 2.05) is 0 Å². The van der Waals surface area contributed by atoms with Crippen molar-refractivity contribution < 1.29 is 58.7 Å². The van der Waals surface area contributed by atoms with Crippen LogP contribution in [-0.2, 0) is 38.2 Å². The Morgan fingerprint density at radius 1 is 1.00 bits per heavy atom. The summed E-state index contributed by atoms with van der Waals surface area (Å²) in [5.74, 6) is -5.59. The number of nitrogens with two attached hydrogens (primary N) is 2. The number of aliphatic carboxylic acids is 4. The summed E-state index contributed by atoms with van der Waals surface area (Å²) in [7, 11) is 7.74. The first-order chi connectivity index (χ1) is 15.5. The zero-order chi connectivity index (χ0) is 27.5. The molecule has 0 spiro atoms. The van der Waals surface area contributed by atoms with Crippen molar-refractivity contribution in [2.45, 2.75) is 43.8 Å². The van der Waals surface area contributed by atoms with Gasteiger partial charge in [0.2, 0.25) is 6.04 Å².